The lowest BCUT2D eigenvalue weighted by atomic mass is 10.0. The maximum absolute atomic E-state index is 12.9. The van der Waals surface area contributed by atoms with Crippen LogP contribution in [0.3, 0.4) is 0 Å². The van der Waals surface area contributed by atoms with Gasteiger partial charge in [0.05, 0.1) is 6.61 Å². The van der Waals surface area contributed by atoms with Crippen molar-refractivity contribution in [2.24, 2.45) is 5.73 Å². The molecule has 0 saturated heterocycles. The van der Waals surface area contributed by atoms with Gasteiger partial charge >= 0.3 is 0 Å². The average molecular weight is 246 g/mol. The first-order chi connectivity index (χ1) is 6.18. The molecule has 2 rings (SSSR count). The molecule has 1 aromatic carbocycles. The number of fused-ring (bicyclic) bond motifs is 1. The summed E-state index contributed by atoms with van der Waals surface area (Å²) >= 11 is 3.27. The molecule has 1 heterocycles. The fourth-order valence-corrected chi connectivity index (χ4v) is 2.19. The van der Waals surface area contributed by atoms with Crippen LogP contribution in [0, 0.1) is 5.82 Å². The van der Waals surface area contributed by atoms with Gasteiger partial charge in [-0.25, -0.2) is 4.39 Å². The van der Waals surface area contributed by atoms with E-state index in [4.69, 9.17) is 10.5 Å². The third kappa shape index (κ3) is 1.56. The Labute approximate surface area is 84.0 Å². The van der Waals surface area contributed by atoms with Crippen LogP contribution in [-0.2, 0) is 0 Å². The van der Waals surface area contributed by atoms with Gasteiger partial charge in [-0.15, -0.1) is 0 Å². The quantitative estimate of drug-likeness (QED) is 0.762. The van der Waals surface area contributed by atoms with Crippen LogP contribution in [-0.4, -0.2) is 6.61 Å². The van der Waals surface area contributed by atoms with Gasteiger partial charge in [0.1, 0.15) is 11.6 Å². The van der Waals surface area contributed by atoms with Crippen LogP contribution in [0.5, 0.6) is 5.75 Å². The molecule has 1 atom stereocenters. The van der Waals surface area contributed by atoms with Crippen LogP contribution in [0.4, 0.5) is 4.39 Å². The summed E-state index contributed by atoms with van der Waals surface area (Å²) in [5.41, 5.74) is 6.73. The Bertz CT molecular complexity index is 343. The summed E-state index contributed by atoms with van der Waals surface area (Å²) in [7, 11) is 0. The first-order valence-electron chi connectivity index (χ1n) is 4.06. The molecular formula is C9H9BrFNO. The molecule has 1 aromatic rings. The van der Waals surface area contributed by atoms with Gasteiger partial charge in [-0.2, -0.15) is 0 Å². The van der Waals surface area contributed by atoms with Gasteiger partial charge in [0.2, 0.25) is 0 Å². The van der Waals surface area contributed by atoms with Gasteiger partial charge in [-0.1, -0.05) is 15.9 Å². The Morgan fingerprint density at radius 2 is 2.31 bits per heavy atom. The number of ether oxygens (including phenoxy) is 1. The first kappa shape index (κ1) is 8.97. The van der Waals surface area contributed by atoms with Crippen molar-refractivity contribution < 1.29 is 9.13 Å². The standard InChI is InChI=1S/C9H9BrFNO/c10-6-3-5(11)4-8-9(6)7(12)1-2-13-8/h3-4,7H,1-2,12H2/t7-/m1/s1. The highest BCUT2D eigenvalue weighted by atomic mass is 79.9. The fourth-order valence-electron chi connectivity index (χ4n) is 1.48. The zero-order valence-corrected chi connectivity index (χ0v) is 8.47. The van der Waals surface area contributed by atoms with Gasteiger partial charge in [0, 0.05) is 28.6 Å². The second-order valence-electron chi connectivity index (χ2n) is 3.04. The van der Waals surface area contributed by atoms with Gasteiger partial charge in [-0.3, -0.25) is 0 Å². The van der Waals surface area contributed by atoms with Gasteiger partial charge in [0.25, 0.3) is 0 Å². The summed E-state index contributed by atoms with van der Waals surface area (Å²) in [4.78, 5) is 0. The van der Waals surface area contributed by atoms with E-state index in [1.54, 1.807) is 0 Å². The number of benzene rings is 1. The van der Waals surface area contributed by atoms with E-state index >= 15 is 0 Å². The zero-order chi connectivity index (χ0) is 9.42. The van der Waals surface area contributed by atoms with Crippen molar-refractivity contribution in [1.29, 1.82) is 0 Å². The normalized spacial score (nSPS) is 20.7. The molecule has 70 valence electrons. The molecule has 0 bridgehead atoms. The predicted octanol–water partition coefficient (Wildman–Crippen LogP) is 2.37. The second kappa shape index (κ2) is 3.27. The Kier molecular flexibility index (Phi) is 2.26. The molecule has 2 N–H and O–H groups in total. The Balaban J connectivity index is 2.56. The highest BCUT2D eigenvalue weighted by molar-refractivity contribution is 9.10. The zero-order valence-electron chi connectivity index (χ0n) is 6.89. The first-order valence-corrected chi connectivity index (χ1v) is 4.85. The molecule has 0 amide bonds. The van der Waals surface area contributed by atoms with Crippen molar-refractivity contribution >= 4 is 15.9 Å². The van der Waals surface area contributed by atoms with E-state index in [1.165, 1.54) is 12.1 Å². The van der Waals surface area contributed by atoms with Crippen LogP contribution in [0.2, 0.25) is 0 Å². The van der Waals surface area contributed by atoms with E-state index in [2.05, 4.69) is 15.9 Å². The number of hydrogen-bond donors (Lipinski definition) is 1. The molecule has 0 radical (unpaired) electrons. The molecule has 4 heteroatoms. The average Bonchev–Trinajstić information content (AvgIpc) is 2.02. The molecule has 0 saturated carbocycles. The van der Waals surface area contributed by atoms with E-state index in [0.717, 1.165) is 12.0 Å². The minimum atomic E-state index is -0.306. The molecule has 0 unspecified atom stereocenters. The minimum Gasteiger partial charge on any atom is -0.493 e. The maximum atomic E-state index is 12.9. The topological polar surface area (TPSA) is 35.2 Å². The van der Waals surface area contributed by atoms with Crippen molar-refractivity contribution in [2.45, 2.75) is 12.5 Å². The lowest BCUT2D eigenvalue weighted by molar-refractivity contribution is 0.267. The molecule has 1 aliphatic rings. The largest absolute Gasteiger partial charge is 0.493 e. The summed E-state index contributed by atoms with van der Waals surface area (Å²) in [5.74, 6) is 0.255. The lowest BCUT2D eigenvalue weighted by Crippen LogP contribution is -2.21. The van der Waals surface area contributed by atoms with Crippen molar-refractivity contribution in [3.05, 3.63) is 28.0 Å². The van der Waals surface area contributed by atoms with Crippen molar-refractivity contribution in [1.82, 2.24) is 0 Å². The highest BCUT2D eigenvalue weighted by Gasteiger charge is 2.21. The van der Waals surface area contributed by atoms with E-state index in [0.29, 0.717) is 16.8 Å². The summed E-state index contributed by atoms with van der Waals surface area (Å²) in [6, 6.07) is 2.73. The van der Waals surface area contributed by atoms with Crippen molar-refractivity contribution in [3.63, 3.8) is 0 Å². The second-order valence-corrected chi connectivity index (χ2v) is 3.90. The smallest absolute Gasteiger partial charge is 0.128 e. The molecule has 13 heavy (non-hydrogen) atoms. The van der Waals surface area contributed by atoms with E-state index in [1.807, 2.05) is 0 Å². The maximum Gasteiger partial charge on any atom is 0.128 e. The van der Waals surface area contributed by atoms with Crippen molar-refractivity contribution in [3.8, 4) is 5.75 Å². The fraction of sp³-hybridized carbons (Fsp3) is 0.333. The predicted molar refractivity (Wildman–Crippen MR) is 51.1 cm³/mol. The number of nitrogens with two attached hydrogens (primary N) is 1. The van der Waals surface area contributed by atoms with Crippen LogP contribution < -0.4 is 10.5 Å². The Morgan fingerprint density at radius 3 is 3.08 bits per heavy atom. The van der Waals surface area contributed by atoms with Crippen LogP contribution in [0.1, 0.15) is 18.0 Å². The number of halogens is 2. The molecule has 0 aromatic heterocycles. The molecule has 2 nitrogen and oxygen atoms in total. The summed E-state index contributed by atoms with van der Waals surface area (Å²) in [6.45, 7) is 0.560. The lowest BCUT2D eigenvalue weighted by Gasteiger charge is -2.23. The van der Waals surface area contributed by atoms with Gasteiger partial charge < -0.3 is 10.5 Å². The molecule has 0 fully saturated rings. The molecule has 0 spiro atoms. The Hall–Kier alpha value is -0.610. The number of rotatable bonds is 0. The summed E-state index contributed by atoms with van der Waals surface area (Å²) < 4.78 is 18.9. The minimum absolute atomic E-state index is 0.0567. The van der Waals surface area contributed by atoms with Crippen LogP contribution in [0.25, 0.3) is 0 Å². The summed E-state index contributed by atoms with van der Waals surface area (Å²) in [5, 5.41) is 0. The van der Waals surface area contributed by atoms with Crippen LogP contribution >= 0.6 is 15.9 Å². The third-order valence-electron chi connectivity index (χ3n) is 2.11. The van der Waals surface area contributed by atoms with E-state index in [9.17, 15) is 4.39 Å². The van der Waals surface area contributed by atoms with Gasteiger partial charge in [0.15, 0.2) is 0 Å². The molecule has 0 aliphatic carbocycles. The van der Waals surface area contributed by atoms with Crippen LogP contribution in [0.15, 0.2) is 16.6 Å². The molecular weight excluding hydrogens is 237 g/mol. The SMILES string of the molecule is N[C@@H]1CCOc2cc(F)cc(Br)c21. The summed E-state index contributed by atoms with van der Waals surface area (Å²) in [6.07, 6.45) is 0.775. The third-order valence-corrected chi connectivity index (χ3v) is 2.77. The Morgan fingerprint density at radius 1 is 1.54 bits per heavy atom. The van der Waals surface area contributed by atoms with E-state index in [-0.39, 0.29) is 11.9 Å². The van der Waals surface area contributed by atoms with E-state index < -0.39 is 0 Å². The van der Waals surface area contributed by atoms with Crippen molar-refractivity contribution in [2.75, 3.05) is 6.61 Å². The monoisotopic (exact) mass is 245 g/mol. The number of hydrogen-bond acceptors (Lipinski definition) is 2. The highest BCUT2D eigenvalue weighted by Crippen LogP contribution is 2.36. The van der Waals surface area contributed by atoms with Gasteiger partial charge in [-0.05, 0) is 6.07 Å². The molecule has 1 aliphatic heterocycles.